The molecule has 1 atom stereocenters. The summed E-state index contributed by atoms with van der Waals surface area (Å²) in [7, 11) is 0. The van der Waals surface area contributed by atoms with Crippen LogP contribution in [0.2, 0.25) is 0 Å². The number of nitrogens with zero attached hydrogens (tertiary/aromatic N) is 1. The second-order valence-electron chi connectivity index (χ2n) is 7.55. The molecule has 0 spiro atoms. The van der Waals surface area contributed by atoms with Crippen molar-refractivity contribution in [1.82, 2.24) is 10.6 Å². The van der Waals surface area contributed by atoms with Crippen molar-refractivity contribution < 1.29 is 13.9 Å². The molecule has 2 N–H and O–H groups in total. The SMILES string of the molecule is CCNC(=NCC(C)(C)c1ccccc1F)NCCCOCC1CCCO1.I. The van der Waals surface area contributed by atoms with Crippen LogP contribution in [0.4, 0.5) is 4.39 Å². The minimum Gasteiger partial charge on any atom is -0.379 e. The lowest BCUT2D eigenvalue weighted by atomic mass is 9.84. The molecular weight excluding hydrogens is 472 g/mol. The van der Waals surface area contributed by atoms with Crippen LogP contribution in [-0.2, 0) is 14.9 Å². The Morgan fingerprint density at radius 2 is 2.11 bits per heavy atom. The van der Waals surface area contributed by atoms with Gasteiger partial charge in [0.2, 0.25) is 0 Å². The van der Waals surface area contributed by atoms with Gasteiger partial charge in [0.1, 0.15) is 5.82 Å². The van der Waals surface area contributed by atoms with Gasteiger partial charge in [0.15, 0.2) is 5.96 Å². The highest BCUT2D eigenvalue weighted by Crippen LogP contribution is 2.25. The van der Waals surface area contributed by atoms with Crippen LogP contribution in [0.3, 0.4) is 0 Å². The summed E-state index contributed by atoms with van der Waals surface area (Å²) >= 11 is 0. The molecule has 1 aromatic carbocycles. The molecule has 0 saturated carbocycles. The van der Waals surface area contributed by atoms with Crippen LogP contribution >= 0.6 is 24.0 Å². The van der Waals surface area contributed by atoms with Gasteiger partial charge < -0.3 is 20.1 Å². The van der Waals surface area contributed by atoms with Crippen molar-refractivity contribution in [2.24, 2.45) is 4.99 Å². The number of aliphatic imine (C=N–C) groups is 1. The molecule has 0 bridgehead atoms. The Morgan fingerprint density at radius 3 is 2.79 bits per heavy atom. The van der Waals surface area contributed by atoms with Gasteiger partial charge >= 0.3 is 0 Å². The fourth-order valence-electron chi connectivity index (χ4n) is 3.09. The molecule has 1 aliphatic rings. The Balaban J connectivity index is 0.00000392. The summed E-state index contributed by atoms with van der Waals surface area (Å²) in [5.41, 5.74) is 0.310. The normalized spacial score (nSPS) is 17.3. The second kappa shape index (κ2) is 13.3. The van der Waals surface area contributed by atoms with Gasteiger partial charge in [0, 0.05) is 31.7 Å². The standard InChI is InChI=1S/C21H34FN3O2.HI/c1-4-23-20(24-12-8-13-26-15-17-9-7-14-27-17)25-16-21(2,3)18-10-5-6-11-19(18)22;/h5-6,10-11,17H,4,7-9,12-16H2,1-3H3,(H2,23,24,25);1H. The zero-order valence-electron chi connectivity index (χ0n) is 17.3. The molecular formula is C21H35FIN3O2. The van der Waals surface area contributed by atoms with Gasteiger partial charge in [0.25, 0.3) is 0 Å². The predicted octanol–water partition coefficient (Wildman–Crippen LogP) is 3.86. The number of ether oxygens (including phenoxy) is 2. The molecule has 2 rings (SSSR count). The fourth-order valence-corrected chi connectivity index (χ4v) is 3.09. The topological polar surface area (TPSA) is 54.9 Å². The van der Waals surface area contributed by atoms with Crippen LogP contribution in [0.15, 0.2) is 29.3 Å². The van der Waals surface area contributed by atoms with Gasteiger partial charge in [-0.1, -0.05) is 32.0 Å². The van der Waals surface area contributed by atoms with E-state index in [1.54, 1.807) is 6.07 Å². The highest BCUT2D eigenvalue weighted by Gasteiger charge is 2.23. The van der Waals surface area contributed by atoms with Crippen molar-refractivity contribution in [1.29, 1.82) is 0 Å². The molecule has 1 aliphatic heterocycles. The highest BCUT2D eigenvalue weighted by molar-refractivity contribution is 14.0. The van der Waals surface area contributed by atoms with Crippen molar-refractivity contribution in [3.63, 3.8) is 0 Å². The number of hydrogen-bond donors (Lipinski definition) is 2. The van der Waals surface area contributed by atoms with Crippen LogP contribution in [0.1, 0.15) is 45.6 Å². The van der Waals surface area contributed by atoms with E-state index in [2.05, 4.69) is 15.6 Å². The zero-order valence-corrected chi connectivity index (χ0v) is 19.6. The maximum Gasteiger partial charge on any atom is 0.191 e. The number of hydrogen-bond acceptors (Lipinski definition) is 3. The number of rotatable bonds is 10. The molecule has 1 fully saturated rings. The third-order valence-corrected chi connectivity index (χ3v) is 4.67. The van der Waals surface area contributed by atoms with Crippen molar-refractivity contribution in [3.05, 3.63) is 35.6 Å². The molecule has 1 saturated heterocycles. The Morgan fingerprint density at radius 1 is 1.32 bits per heavy atom. The lowest BCUT2D eigenvalue weighted by Crippen LogP contribution is -2.39. The molecule has 7 heteroatoms. The molecule has 1 aromatic rings. The number of guanidine groups is 1. The van der Waals surface area contributed by atoms with Crippen molar-refractivity contribution in [2.45, 2.75) is 51.6 Å². The predicted molar refractivity (Wildman–Crippen MR) is 123 cm³/mol. The Hall–Kier alpha value is -0.930. The van der Waals surface area contributed by atoms with Crippen molar-refractivity contribution in [2.75, 3.05) is 39.5 Å². The number of benzene rings is 1. The summed E-state index contributed by atoms with van der Waals surface area (Å²) in [6.07, 6.45) is 3.42. The van der Waals surface area contributed by atoms with Gasteiger partial charge in [-0.25, -0.2) is 4.39 Å². The quantitative estimate of drug-likeness (QED) is 0.219. The molecule has 5 nitrogen and oxygen atoms in total. The van der Waals surface area contributed by atoms with Gasteiger partial charge in [0.05, 0.1) is 19.3 Å². The van der Waals surface area contributed by atoms with Crippen molar-refractivity contribution in [3.8, 4) is 0 Å². The minimum atomic E-state index is -0.377. The molecule has 1 heterocycles. The molecule has 0 aliphatic carbocycles. The van der Waals surface area contributed by atoms with Crippen LogP contribution in [0.25, 0.3) is 0 Å². The average molecular weight is 507 g/mol. The fraction of sp³-hybridized carbons (Fsp3) is 0.667. The first-order valence-corrected chi connectivity index (χ1v) is 9.99. The summed E-state index contributed by atoms with van der Waals surface area (Å²) in [6.45, 7) is 10.4. The van der Waals surface area contributed by atoms with E-state index in [0.29, 0.717) is 25.3 Å². The molecule has 160 valence electrons. The summed E-state index contributed by atoms with van der Waals surface area (Å²) in [4.78, 5) is 4.65. The summed E-state index contributed by atoms with van der Waals surface area (Å²) in [6, 6.07) is 6.91. The zero-order chi connectivity index (χ0) is 19.5. The van der Waals surface area contributed by atoms with Gasteiger partial charge in [-0.2, -0.15) is 0 Å². The maximum atomic E-state index is 14.1. The number of nitrogens with one attached hydrogen (secondary N) is 2. The first kappa shape index (κ1) is 25.1. The minimum absolute atomic E-state index is 0. The van der Waals surface area contributed by atoms with Gasteiger partial charge in [-0.3, -0.25) is 4.99 Å². The van der Waals surface area contributed by atoms with E-state index in [-0.39, 0.29) is 41.3 Å². The lowest BCUT2D eigenvalue weighted by Gasteiger charge is -2.24. The third-order valence-electron chi connectivity index (χ3n) is 4.67. The smallest absolute Gasteiger partial charge is 0.191 e. The monoisotopic (exact) mass is 507 g/mol. The first-order valence-electron chi connectivity index (χ1n) is 9.99. The van der Waals surface area contributed by atoms with E-state index in [9.17, 15) is 4.39 Å². The average Bonchev–Trinajstić information content (AvgIpc) is 3.16. The van der Waals surface area contributed by atoms with Crippen LogP contribution in [0, 0.1) is 5.82 Å². The summed E-state index contributed by atoms with van der Waals surface area (Å²) in [5.74, 6) is 0.570. The third kappa shape index (κ3) is 8.61. The molecule has 0 radical (unpaired) electrons. The Bertz CT molecular complexity index is 593. The Labute approximate surface area is 185 Å². The van der Waals surface area contributed by atoms with E-state index in [1.165, 1.54) is 6.07 Å². The highest BCUT2D eigenvalue weighted by atomic mass is 127. The van der Waals surface area contributed by atoms with Gasteiger partial charge in [-0.15, -0.1) is 24.0 Å². The van der Waals surface area contributed by atoms with Crippen LogP contribution < -0.4 is 10.6 Å². The number of halogens is 2. The van der Waals surface area contributed by atoms with E-state index in [1.807, 2.05) is 32.9 Å². The molecule has 0 aromatic heterocycles. The van der Waals surface area contributed by atoms with Crippen LogP contribution in [-0.4, -0.2) is 51.5 Å². The Kier molecular flexibility index (Phi) is 11.9. The van der Waals surface area contributed by atoms with E-state index in [0.717, 1.165) is 44.9 Å². The van der Waals surface area contributed by atoms with Crippen molar-refractivity contribution >= 4 is 29.9 Å². The first-order chi connectivity index (χ1) is 13.0. The second-order valence-corrected chi connectivity index (χ2v) is 7.55. The van der Waals surface area contributed by atoms with Gasteiger partial charge in [-0.05, 0) is 37.8 Å². The summed E-state index contributed by atoms with van der Waals surface area (Å²) < 4.78 is 25.3. The molecule has 0 amide bonds. The lowest BCUT2D eigenvalue weighted by molar-refractivity contribution is 0.0168. The van der Waals surface area contributed by atoms with E-state index >= 15 is 0 Å². The van der Waals surface area contributed by atoms with E-state index < -0.39 is 0 Å². The van der Waals surface area contributed by atoms with E-state index in [4.69, 9.17) is 9.47 Å². The largest absolute Gasteiger partial charge is 0.379 e. The molecule has 1 unspecified atom stereocenters. The maximum absolute atomic E-state index is 14.1. The van der Waals surface area contributed by atoms with Crippen LogP contribution in [0.5, 0.6) is 0 Å². The summed E-state index contributed by atoms with van der Waals surface area (Å²) in [5, 5.41) is 6.56. The molecule has 28 heavy (non-hydrogen) atoms.